The number of aromatic nitrogens is 1. The molecule has 1 atom stereocenters. The number of carbonyl (C=O) groups is 1. The van der Waals surface area contributed by atoms with E-state index in [1.807, 2.05) is 19.1 Å². The van der Waals surface area contributed by atoms with E-state index in [1.54, 1.807) is 6.08 Å². The highest BCUT2D eigenvalue weighted by atomic mass is 16.5. The maximum absolute atomic E-state index is 11.3. The van der Waals surface area contributed by atoms with Gasteiger partial charge in [-0.05, 0) is 50.0 Å². The van der Waals surface area contributed by atoms with Crippen LogP contribution in [-0.4, -0.2) is 17.6 Å². The van der Waals surface area contributed by atoms with E-state index in [1.165, 1.54) is 12.7 Å². The summed E-state index contributed by atoms with van der Waals surface area (Å²) >= 11 is 0. The Kier molecular flexibility index (Phi) is 6.76. The summed E-state index contributed by atoms with van der Waals surface area (Å²) in [6.07, 6.45) is 9.02. The van der Waals surface area contributed by atoms with Crippen molar-refractivity contribution in [2.45, 2.75) is 39.7 Å². The van der Waals surface area contributed by atoms with E-state index in [4.69, 9.17) is 0 Å². The molecule has 0 bridgehead atoms. The first-order valence-electron chi connectivity index (χ1n) is 6.80. The molecule has 0 saturated carbocycles. The molecule has 0 aliphatic rings. The maximum atomic E-state index is 11.3. The third-order valence-corrected chi connectivity index (χ3v) is 3.10. The highest BCUT2D eigenvalue weighted by Gasteiger charge is 2.08. The highest BCUT2D eigenvalue weighted by Crippen LogP contribution is 2.10. The second kappa shape index (κ2) is 8.39. The Labute approximate surface area is 115 Å². The van der Waals surface area contributed by atoms with Gasteiger partial charge in [-0.25, -0.2) is 0 Å². The highest BCUT2D eigenvalue weighted by molar-refractivity contribution is 5.73. The Balaban J connectivity index is 2.47. The molecule has 3 nitrogen and oxygen atoms in total. The van der Waals surface area contributed by atoms with Gasteiger partial charge in [-0.2, -0.15) is 0 Å². The Morgan fingerprint density at radius 2 is 2.11 bits per heavy atom. The first kappa shape index (κ1) is 15.3. The minimum atomic E-state index is -0.226. The van der Waals surface area contributed by atoms with Gasteiger partial charge in [0.25, 0.3) is 0 Å². The Morgan fingerprint density at radius 3 is 2.68 bits per heavy atom. The van der Waals surface area contributed by atoms with Crippen LogP contribution >= 0.6 is 0 Å². The third kappa shape index (κ3) is 5.62. The van der Waals surface area contributed by atoms with Crippen LogP contribution in [0.15, 0.2) is 41.9 Å². The first-order valence-corrected chi connectivity index (χ1v) is 6.80. The van der Waals surface area contributed by atoms with Gasteiger partial charge in [0.15, 0.2) is 0 Å². The van der Waals surface area contributed by atoms with E-state index < -0.39 is 0 Å². The second-order valence-corrected chi connectivity index (χ2v) is 4.60. The lowest BCUT2D eigenvalue weighted by molar-refractivity contribution is -0.143. The largest absolute Gasteiger partial charge is 0.469 e. The zero-order valence-electron chi connectivity index (χ0n) is 12.1. The summed E-state index contributed by atoms with van der Waals surface area (Å²) in [5.41, 5.74) is 4.50. The maximum Gasteiger partial charge on any atom is 0.312 e. The van der Waals surface area contributed by atoms with Crippen LogP contribution in [0.3, 0.4) is 0 Å². The molecule has 0 aliphatic carbocycles. The molecule has 0 N–H and O–H groups in total. The minimum absolute atomic E-state index is 0.213. The van der Waals surface area contributed by atoms with Gasteiger partial charge < -0.3 is 9.30 Å². The zero-order chi connectivity index (χ0) is 14.1. The van der Waals surface area contributed by atoms with Gasteiger partial charge >= 0.3 is 5.97 Å². The summed E-state index contributed by atoms with van der Waals surface area (Å²) in [4.78, 5) is 11.3. The van der Waals surface area contributed by atoms with Crippen LogP contribution in [0.2, 0.25) is 0 Å². The Morgan fingerprint density at radius 1 is 1.42 bits per heavy atom. The SMILES string of the molecule is CCC(=C=C[C@@H](C)C(=O)OC)CCCn1cccc1. The number of hydrogen-bond acceptors (Lipinski definition) is 2. The molecule has 19 heavy (non-hydrogen) atoms. The van der Waals surface area contributed by atoms with Crippen molar-refractivity contribution in [3.63, 3.8) is 0 Å². The fraction of sp³-hybridized carbons (Fsp3) is 0.500. The standard InChI is InChI=1S/C16H23NO2/c1-4-15(10-9-14(2)16(18)19-3)8-7-13-17-11-5-6-12-17/h5-6,9,11-12,14H,4,7-8,13H2,1-3H3/t10?,14-/m1/s1. The van der Waals surface area contributed by atoms with Crippen molar-refractivity contribution in [2.24, 2.45) is 5.92 Å². The monoisotopic (exact) mass is 261 g/mol. The number of ether oxygens (including phenoxy) is 1. The number of rotatable bonds is 7. The van der Waals surface area contributed by atoms with Crippen molar-refractivity contribution in [3.05, 3.63) is 41.9 Å². The van der Waals surface area contributed by atoms with Crippen molar-refractivity contribution in [1.29, 1.82) is 0 Å². The normalized spacial score (nSPS) is 11.5. The van der Waals surface area contributed by atoms with E-state index in [-0.39, 0.29) is 11.9 Å². The molecule has 1 aromatic heterocycles. The van der Waals surface area contributed by atoms with Crippen LogP contribution in [-0.2, 0) is 16.1 Å². The smallest absolute Gasteiger partial charge is 0.312 e. The van der Waals surface area contributed by atoms with E-state index in [9.17, 15) is 4.79 Å². The lowest BCUT2D eigenvalue weighted by Crippen LogP contribution is -2.09. The van der Waals surface area contributed by atoms with Gasteiger partial charge in [0, 0.05) is 18.9 Å². The van der Waals surface area contributed by atoms with Crippen LogP contribution in [0.4, 0.5) is 0 Å². The molecule has 1 heterocycles. The molecule has 0 fully saturated rings. The van der Waals surface area contributed by atoms with Crippen LogP contribution in [0.1, 0.15) is 33.1 Å². The van der Waals surface area contributed by atoms with Crippen molar-refractivity contribution >= 4 is 5.97 Å². The molecular formula is C16H23NO2. The topological polar surface area (TPSA) is 31.2 Å². The molecule has 0 spiro atoms. The predicted octanol–water partition coefficient (Wildman–Crippen LogP) is 3.57. The number of carbonyl (C=O) groups excluding carboxylic acids is 1. The molecule has 1 aromatic rings. The fourth-order valence-corrected chi connectivity index (χ4v) is 1.84. The molecule has 0 aliphatic heterocycles. The van der Waals surface area contributed by atoms with Crippen molar-refractivity contribution in [3.8, 4) is 0 Å². The summed E-state index contributed by atoms with van der Waals surface area (Å²) < 4.78 is 6.86. The van der Waals surface area contributed by atoms with Crippen molar-refractivity contribution in [1.82, 2.24) is 4.57 Å². The summed E-state index contributed by atoms with van der Waals surface area (Å²) in [6, 6.07) is 4.07. The Bertz CT molecular complexity index is 439. The Hall–Kier alpha value is -1.73. The lowest BCUT2D eigenvalue weighted by Gasteiger charge is -2.04. The van der Waals surface area contributed by atoms with Crippen LogP contribution < -0.4 is 0 Å². The zero-order valence-corrected chi connectivity index (χ0v) is 12.1. The van der Waals surface area contributed by atoms with Crippen molar-refractivity contribution < 1.29 is 9.53 Å². The summed E-state index contributed by atoms with van der Waals surface area (Å²) in [6.45, 7) is 4.96. The van der Waals surface area contributed by atoms with Crippen molar-refractivity contribution in [2.75, 3.05) is 7.11 Å². The quantitative estimate of drug-likeness (QED) is 0.555. The minimum Gasteiger partial charge on any atom is -0.469 e. The lowest BCUT2D eigenvalue weighted by atomic mass is 10.1. The molecule has 0 saturated heterocycles. The first-order chi connectivity index (χ1) is 9.17. The van der Waals surface area contributed by atoms with E-state index in [0.717, 1.165) is 25.8 Å². The van der Waals surface area contributed by atoms with E-state index in [2.05, 4.69) is 34.4 Å². The number of nitrogens with zero attached hydrogens (tertiary/aromatic N) is 1. The molecule has 0 aromatic carbocycles. The second-order valence-electron chi connectivity index (χ2n) is 4.60. The van der Waals surface area contributed by atoms with Gasteiger partial charge in [-0.3, -0.25) is 4.79 Å². The van der Waals surface area contributed by atoms with Crippen LogP contribution in [0, 0.1) is 5.92 Å². The number of hydrogen-bond donors (Lipinski definition) is 0. The fourth-order valence-electron chi connectivity index (χ4n) is 1.84. The van der Waals surface area contributed by atoms with Crippen LogP contribution in [0.25, 0.3) is 0 Å². The number of aryl methyl sites for hydroxylation is 1. The molecule has 104 valence electrons. The molecule has 0 unspecified atom stereocenters. The molecular weight excluding hydrogens is 238 g/mol. The third-order valence-electron chi connectivity index (χ3n) is 3.10. The van der Waals surface area contributed by atoms with Gasteiger partial charge in [-0.15, -0.1) is 5.73 Å². The summed E-state index contributed by atoms with van der Waals surface area (Å²) in [5, 5.41) is 0. The summed E-state index contributed by atoms with van der Waals surface area (Å²) in [5.74, 6) is -0.439. The molecule has 0 amide bonds. The van der Waals surface area contributed by atoms with E-state index in [0.29, 0.717) is 0 Å². The van der Waals surface area contributed by atoms with Gasteiger partial charge in [0.05, 0.1) is 13.0 Å². The number of methoxy groups -OCH3 is 1. The predicted molar refractivity (Wildman–Crippen MR) is 76.7 cm³/mol. The van der Waals surface area contributed by atoms with Gasteiger partial charge in [0.2, 0.25) is 0 Å². The summed E-state index contributed by atoms with van der Waals surface area (Å²) in [7, 11) is 1.41. The molecule has 0 radical (unpaired) electrons. The van der Waals surface area contributed by atoms with E-state index >= 15 is 0 Å². The average molecular weight is 261 g/mol. The number of esters is 1. The van der Waals surface area contributed by atoms with Gasteiger partial charge in [-0.1, -0.05) is 6.92 Å². The van der Waals surface area contributed by atoms with Crippen LogP contribution in [0.5, 0.6) is 0 Å². The molecule has 3 heteroatoms. The average Bonchev–Trinajstić information content (AvgIpc) is 2.94. The molecule has 1 rings (SSSR count). The van der Waals surface area contributed by atoms with Gasteiger partial charge in [0.1, 0.15) is 0 Å².